The van der Waals surface area contributed by atoms with Crippen LogP contribution in [-0.2, 0) is 12.8 Å². The lowest BCUT2D eigenvalue weighted by Gasteiger charge is -2.17. The number of anilines is 1. The number of aliphatic hydroxyl groups excluding tert-OH is 1. The van der Waals surface area contributed by atoms with Gasteiger partial charge in [0.1, 0.15) is 4.83 Å². The van der Waals surface area contributed by atoms with E-state index in [2.05, 4.69) is 10.3 Å². The molecule has 0 radical (unpaired) electrons. The summed E-state index contributed by atoms with van der Waals surface area (Å²) in [6.45, 7) is 4.39. The number of hydrogen-bond donors (Lipinski definition) is 2. The molecule has 1 aliphatic carbocycles. The van der Waals surface area contributed by atoms with Crippen LogP contribution in [0.4, 0.5) is 5.95 Å². The predicted octanol–water partition coefficient (Wildman–Crippen LogP) is 2.32. The van der Waals surface area contributed by atoms with Gasteiger partial charge in [0.15, 0.2) is 0 Å². The molecule has 6 heteroatoms. The van der Waals surface area contributed by atoms with Crippen molar-refractivity contribution in [2.75, 3.05) is 18.5 Å². The number of nitrogens with one attached hydrogen (secondary N) is 1. The topological polar surface area (TPSA) is 67.2 Å². The standard InChI is InChI=1S/C15H21N3O2S/c1-9(2)18-14(20)12-10-5-3-4-6-11(10)21-13(12)17-15(18)16-7-8-19/h9,19H,3-8H2,1-2H3,(H,16,17). The highest BCUT2D eigenvalue weighted by Gasteiger charge is 2.22. The number of rotatable bonds is 4. The number of thiophene rings is 1. The minimum atomic E-state index is 0.0208. The molecule has 1 aliphatic rings. The molecule has 0 unspecified atom stereocenters. The van der Waals surface area contributed by atoms with Gasteiger partial charge in [-0.2, -0.15) is 0 Å². The molecule has 0 saturated carbocycles. The summed E-state index contributed by atoms with van der Waals surface area (Å²) in [5.74, 6) is 0.565. The van der Waals surface area contributed by atoms with Crippen molar-refractivity contribution in [3.05, 3.63) is 20.8 Å². The Hall–Kier alpha value is -1.40. The van der Waals surface area contributed by atoms with Gasteiger partial charge in [0.25, 0.3) is 5.56 Å². The molecule has 0 bridgehead atoms. The first kappa shape index (κ1) is 14.5. The van der Waals surface area contributed by atoms with Crippen molar-refractivity contribution < 1.29 is 5.11 Å². The minimum Gasteiger partial charge on any atom is -0.395 e. The molecule has 0 fully saturated rings. The van der Waals surface area contributed by atoms with Gasteiger partial charge >= 0.3 is 0 Å². The Kier molecular flexibility index (Phi) is 3.99. The molecule has 0 aliphatic heterocycles. The molecule has 0 aromatic carbocycles. The highest BCUT2D eigenvalue weighted by molar-refractivity contribution is 7.18. The summed E-state index contributed by atoms with van der Waals surface area (Å²) in [6.07, 6.45) is 4.42. The lowest BCUT2D eigenvalue weighted by atomic mass is 9.97. The van der Waals surface area contributed by atoms with Crippen LogP contribution >= 0.6 is 11.3 Å². The van der Waals surface area contributed by atoms with Gasteiger partial charge in [-0.05, 0) is 45.1 Å². The van der Waals surface area contributed by atoms with E-state index in [9.17, 15) is 4.79 Å². The number of hydrogen-bond acceptors (Lipinski definition) is 5. The molecule has 2 aromatic heterocycles. The van der Waals surface area contributed by atoms with Crippen LogP contribution in [0.3, 0.4) is 0 Å². The largest absolute Gasteiger partial charge is 0.395 e. The van der Waals surface area contributed by atoms with E-state index in [1.165, 1.54) is 16.9 Å². The fourth-order valence-corrected chi connectivity index (χ4v) is 4.24. The van der Waals surface area contributed by atoms with Crippen molar-refractivity contribution in [3.63, 3.8) is 0 Å². The van der Waals surface area contributed by atoms with Gasteiger partial charge in [0.2, 0.25) is 5.95 Å². The number of aryl methyl sites for hydroxylation is 2. The number of nitrogens with zero attached hydrogens (tertiary/aromatic N) is 2. The summed E-state index contributed by atoms with van der Waals surface area (Å²) in [5, 5.41) is 12.9. The van der Waals surface area contributed by atoms with E-state index in [-0.39, 0.29) is 18.2 Å². The summed E-state index contributed by atoms with van der Waals surface area (Å²) in [5.41, 5.74) is 1.27. The molecule has 0 amide bonds. The van der Waals surface area contributed by atoms with E-state index in [0.29, 0.717) is 12.5 Å². The van der Waals surface area contributed by atoms with Crippen LogP contribution in [0.15, 0.2) is 4.79 Å². The first-order valence-corrected chi connectivity index (χ1v) is 8.36. The van der Waals surface area contributed by atoms with E-state index in [1.807, 2.05) is 13.8 Å². The van der Waals surface area contributed by atoms with E-state index in [4.69, 9.17) is 5.11 Å². The maximum atomic E-state index is 12.9. The maximum Gasteiger partial charge on any atom is 0.264 e. The Morgan fingerprint density at radius 2 is 2.14 bits per heavy atom. The van der Waals surface area contributed by atoms with E-state index in [0.717, 1.165) is 29.5 Å². The summed E-state index contributed by atoms with van der Waals surface area (Å²) < 4.78 is 1.71. The van der Waals surface area contributed by atoms with Gasteiger partial charge in [-0.15, -0.1) is 11.3 Å². The normalized spacial score (nSPS) is 14.7. The van der Waals surface area contributed by atoms with Crippen LogP contribution < -0.4 is 10.9 Å². The van der Waals surface area contributed by atoms with E-state index < -0.39 is 0 Å². The summed E-state index contributed by atoms with van der Waals surface area (Å²) >= 11 is 1.65. The Balaban J connectivity index is 2.24. The van der Waals surface area contributed by atoms with Crippen molar-refractivity contribution in [2.45, 2.75) is 45.6 Å². The van der Waals surface area contributed by atoms with Crippen molar-refractivity contribution in [3.8, 4) is 0 Å². The first-order valence-electron chi connectivity index (χ1n) is 7.55. The molecular weight excluding hydrogens is 286 g/mol. The second kappa shape index (κ2) is 5.77. The zero-order valence-electron chi connectivity index (χ0n) is 12.5. The number of aromatic nitrogens is 2. The van der Waals surface area contributed by atoms with Gasteiger partial charge in [-0.3, -0.25) is 9.36 Å². The Bertz CT molecular complexity index is 718. The first-order chi connectivity index (χ1) is 10.1. The van der Waals surface area contributed by atoms with Crippen LogP contribution in [0, 0.1) is 0 Å². The molecule has 2 N–H and O–H groups in total. The smallest absolute Gasteiger partial charge is 0.264 e. The highest BCUT2D eigenvalue weighted by Crippen LogP contribution is 2.34. The molecule has 0 saturated heterocycles. The Morgan fingerprint density at radius 1 is 1.38 bits per heavy atom. The van der Waals surface area contributed by atoms with Crippen molar-refractivity contribution in [2.24, 2.45) is 0 Å². The fourth-order valence-electron chi connectivity index (χ4n) is 2.99. The average Bonchev–Trinajstić information content (AvgIpc) is 2.83. The summed E-state index contributed by atoms with van der Waals surface area (Å²) in [6, 6.07) is 0.0368. The average molecular weight is 307 g/mol. The lowest BCUT2D eigenvalue weighted by molar-refractivity contribution is 0.310. The molecule has 0 spiro atoms. The Labute approximate surface area is 127 Å². The second-order valence-electron chi connectivity index (χ2n) is 5.75. The number of fused-ring (bicyclic) bond motifs is 3. The van der Waals surface area contributed by atoms with E-state index in [1.54, 1.807) is 15.9 Å². The predicted molar refractivity (Wildman–Crippen MR) is 86.5 cm³/mol. The molecular formula is C15H21N3O2S. The summed E-state index contributed by atoms with van der Waals surface area (Å²) in [4.78, 5) is 19.7. The highest BCUT2D eigenvalue weighted by atomic mass is 32.1. The molecule has 21 heavy (non-hydrogen) atoms. The fraction of sp³-hybridized carbons (Fsp3) is 0.600. The minimum absolute atomic E-state index is 0.0208. The van der Waals surface area contributed by atoms with Crippen LogP contribution in [0.2, 0.25) is 0 Å². The second-order valence-corrected chi connectivity index (χ2v) is 6.83. The van der Waals surface area contributed by atoms with Gasteiger partial charge in [-0.25, -0.2) is 4.98 Å². The summed E-state index contributed by atoms with van der Waals surface area (Å²) in [7, 11) is 0. The van der Waals surface area contributed by atoms with E-state index >= 15 is 0 Å². The molecule has 2 aromatic rings. The third kappa shape index (κ3) is 2.46. The zero-order chi connectivity index (χ0) is 15.0. The van der Waals surface area contributed by atoms with Gasteiger partial charge in [0.05, 0.1) is 12.0 Å². The molecule has 0 atom stereocenters. The Morgan fingerprint density at radius 3 is 2.86 bits per heavy atom. The molecule has 2 heterocycles. The van der Waals surface area contributed by atoms with Gasteiger partial charge < -0.3 is 10.4 Å². The molecule has 3 rings (SSSR count). The van der Waals surface area contributed by atoms with Gasteiger partial charge in [0, 0.05) is 17.5 Å². The molecule has 114 valence electrons. The van der Waals surface area contributed by atoms with Crippen molar-refractivity contribution in [1.82, 2.24) is 9.55 Å². The maximum absolute atomic E-state index is 12.9. The zero-order valence-corrected chi connectivity index (χ0v) is 13.3. The lowest BCUT2D eigenvalue weighted by Crippen LogP contribution is -2.27. The van der Waals surface area contributed by atoms with Crippen molar-refractivity contribution >= 4 is 27.5 Å². The number of aliphatic hydroxyl groups is 1. The third-order valence-corrected chi connectivity index (χ3v) is 5.12. The van der Waals surface area contributed by atoms with Crippen LogP contribution in [0.25, 0.3) is 10.2 Å². The van der Waals surface area contributed by atoms with Gasteiger partial charge in [-0.1, -0.05) is 0 Å². The van der Waals surface area contributed by atoms with Crippen molar-refractivity contribution in [1.29, 1.82) is 0 Å². The van der Waals surface area contributed by atoms with Crippen LogP contribution in [-0.4, -0.2) is 27.8 Å². The molecule has 5 nitrogen and oxygen atoms in total. The van der Waals surface area contributed by atoms with Crippen LogP contribution in [0.1, 0.15) is 43.2 Å². The monoisotopic (exact) mass is 307 g/mol. The quantitative estimate of drug-likeness (QED) is 0.909. The third-order valence-electron chi connectivity index (χ3n) is 3.93. The van der Waals surface area contributed by atoms with Crippen LogP contribution in [0.5, 0.6) is 0 Å². The SMILES string of the molecule is CC(C)n1c(NCCO)nc2sc3c(c2c1=O)CCCC3.